The first-order valence-electron chi connectivity index (χ1n) is 6.26. The maximum Gasteiger partial charge on any atom is 0.131 e. The van der Waals surface area contributed by atoms with Gasteiger partial charge in [0.2, 0.25) is 0 Å². The van der Waals surface area contributed by atoms with Gasteiger partial charge in [0, 0.05) is 19.0 Å². The Hall–Kier alpha value is -1.98. The minimum absolute atomic E-state index is 0.493. The van der Waals surface area contributed by atoms with Crippen molar-refractivity contribution in [3.05, 3.63) is 18.1 Å². The SMILES string of the molecule is CCCc1nc(N)cc(-c2cnnn2CCC)n1. The Morgan fingerprint density at radius 3 is 2.78 bits per heavy atom. The first kappa shape index (κ1) is 12.5. The Kier molecular flexibility index (Phi) is 3.86. The smallest absolute Gasteiger partial charge is 0.131 e. The second kappa shape index (κ2) is 5.57. The zero-order chi connectivity index (χ0) is 13.0. The summed E-state index contributed by atoms with van der Waals surface area (Å²) in [5, 5.41) is 7.99. The van der Waals surface area contributed by atoms with Gasteiger partial charge in [-0.15, -0.1) is 5.10 Å². The molecule has 2 aromatic heterocycles. The molecule has 0 fully saturated rings. The van der Waals surface area contributed by atoms with E-state index in [9.17, 15) is 0 Å². The van der Waals surface area contributed by atoms with Crippen LogP contribution in [0.2, 0.25) is 0 Å². The lowest BCUT2D eigenvalue weighted by atomic mass is 10.2. The third-order valence-electron chi connectivity index (χ3n) is 2.58. The minimum atomic E-state index is 0.493. The van der Waals surface area contributed by atoms with Crippen LogP contribution in [0.15, 0.2) is 12.3 Å². The summed E-state index contributed by atoms with van der Waals surface area (Å²) in [6.07, 6.45) is 4.54. The maximum atomic E-state index is 5.82. The van der Waals surface area contributed by atoms with Crippen molar-refractivity contribution in [2.24, 2.45) is 0 Å². The van der Waals surface area contributed by atoms with Crippen molar-refractivity contribution in [3.8, 4) is 11.4 Å². The summed E-state index contributed by atoms with van der Waals surface area (Å²) in [6.45, 7) is 5.01. The molecule has 0 aliphatic carbocycles. The fourth-order valence-electron chi connectivity index (χ4n) is 1.82. The number of rotatable bonds is 5. The van der Waals surface area contributed by atoms with E-state index in [2.05, 4.69) is 34.1 Å². The predicted octanol–water partition coefficient (Wildman–Crippen LogP) is 1.68. The van der Waals surface area contributed by atoms with Crippen molar-refractivity contribution >= 4 is 5.82 Å². The molecule has 96 valence electrons. The van der Waals surface area contributed by atoms with Crippen LogP contribution in [-0.4, -0.2) is 25.0 Å². The van der Waals surface area contributed by atoms with Crippen LogP contribution in [0.5, 0.6) is 0 Å². The Morgan fingerprint density at radius 2 is 2.06 bits per heavy atom. The van der Waals surface area contributed by atoms with Crippen LogP contribution >= 0.6 is 0 Å². The van der Waals surface area contributed by atoms with E-state index in [1.807, 2.05) is 4.68 Å². The van der Waals surface area contributed by atoms with E-state index in [1.165, 1.54) is 0 Å². The van der Waals surface area contributed by atoms with E-state index in [-0.39, 0.29) is 0 Å². The summed E-state index contributed by atoms with van der Waals surface area (Å²) in [4.78, 5) is 8.74. The predicted molar refractivity (Wildman–Crippen MR) is 69.7 cm³/mol. The van der Waals surface area contributed by atoms with Gasteiger partial charge in [0.05, 0.1) is 11.9 Å². The minimum Gasteiger partial charge on any atom is -0.384 e. The lowest BCUT2D eigenvalue weighted by Gasteiger charge is -2.06. The first-order chi connectivity index (χ1) is 8.74. The highest BCUT2D eigenvalue weighted by molar-refractivity contribution is 5.56. The van der Waals surface area contributed by atoms with Crippen LogP contribution in [0.4, 0.5) is 5.82 Å². The number of nitrogens with zero attached hydrogens (tertiary/aromatic N) is 5. The van der Waals surface area contributed by atoms with Gasteiger partial charge in [0.1, 0.15) is 17.3 Å². The molecule has 0 amide bonds. The average molecular weight is 246 g/mol. The molecular formula is C12H18N6. The largest absolute Gasteiger partial charge is 0.384 e. The molecule has 6 nitrogen and oxygen atoms in total. The zero-order valence-corrected chi connectivity index (χ0v) is 10.8. The van der Waals surface area contributed by atoms with E-state index >= 15 is 0 Å². The number of nitrogens with two attached hydrogens (primary N) is 1. The zero-order valence-electron chi connectivity index (χ0n) is 10.8. The van der Waals surface area contributed by atoms with Gasteiger partial charge in [-0.2, -0.15) is 0 Å². The Labute approximate surface area is 106 Å². The molecule has 0 unspecified atom stereocenters. The van der Waals surface area contributed by atoms with Gasteiger partial charge in [-0.1, -0.05) is 19.1 Å². The van der Waals surface area contributed by atoms with E-state index in [0.29, 0.717) is 5.82 Å². The van der Waals surface area contributed by atoms with Crippen LogP contribution in [-0.2, 0) is 13.0 Å². The fourth-order valence-corrected chi connectivity index (χ4v) is 1.82. The molecule has 0 aliphatic rings. The third kappa shape index (κ3) is 2.64. The molecule has 6 heteroatoms. The summed E-state index contributed by atoms with van der Waals surface area (Å²) in [6, 6.07) is 1.77. The molecule has 0 saturated heterocycles. The van der Waals surface area contributed by atoms with Crippen molar-refractivity contribution in [2.75, 3.05) is 5.73 Å². The molecule has 0 radical (unpaired) electrons. The summed E-state index contributed by atoms with van der Waals surface area (Å²) in [7, 11) is 0. The first-order valence-corrected chi connectivity index (χ1v) is 6.26. The molecule has 18 heavy (non-hydrogen) atoms. The van der Waals surface area contributed by atoms with Gasteiger partial charge in [0.25, 0.3) is 0 Å². The Balaban J connectivity index is 2.39. The third-order valence-corrected chi connectivity index (χ3v) is 2.58. The molecule has 2 rings (SSSR count). The molecule has 2 N–H and O–H groups in total. The van der Waals surface area contributed by atoms with Crippen molar-refractivity contribution in [3.63, 3.8) is 0 Å². The highest BCUT2D eigenvalue weighted by atomic mass is 15.4. The van der Waals surface area contributed by atoms with E-state index in [1.54, 1.807) is 12.3 Å². The van der Waals surface area contributed by atoms with Gasteiger partial charge in [-0.25, -0.2) is 14.6 Å². The molecular weight excluding hydrogens is 228 g/mol. The topological polar surface area (TPSA) is 82.5 Å². The normalized spacial score (nSPS) is 10.8. The standard InChI is InChI=1S/C12H18N6/c1-3-5-12-15-9(7-11(13)16-12)10-8-14-17-18(10)6-4-2/h7-8H,3-6H2,1-2H3,(H2,13,15,16). The highest BCUT2D eigenvalue weighted by Gasteiger charge is 2.10. The van der Waals surface area contributed by atoms with Crippen molar-refractivity contribution in [1.82, 2.24) is 25.0 Å². The number of aryl methyl sites for hydroxylation is 2. The number of hydrogen-bond acceptors (Lipinski definition) is 5. The second-order valence-electron chi connectivity index (χ2n) is 4.19. The average Bonchev–Trinajstić information content (AvgIpc) is 2.77. The Morgan fingerprint density at radius 1 is 1.22 bits per heavy atom. The molecule has 0 spiro atoms. The monoisotopic (exact) mass is 246 g/mol. The summed E-state index contributed by atoms with van der Waals surface area (Å²) < 4.78 is 1.84. The van der Waals surface area contributed by atoms with Gasteiger partial charge >= 0.3 is 0 Å². The second-order valence-corrected chi connectivity index (χ2v) is 4.19. The van der Waals surface area contributed by atoms with Gasteiger partial charge in [-0.3, -0.25) is 0 Å². The molecule has 0 aliphatic heterocycles. The summed E-state index contributed by atoms with van der Waals surface area (Å²) in [5.41, 5.74) is 7.51. The van der Waals surface area contributed by atoms with Crippen molar-refractivity contribution in [2.45, 2.75) is 39.7 Å². The molecule has 0 saturated carbocycles. The highest BCUT2D eigenvalue weighted by Crippen LogP contribution is 2.18. The van der Waals surface area contributed by atoms with Gasteiger partial charge < -0.3 is 5.73 Å². The summed E-state index contributed by atoms with van der Waals surface area (Å²) in [5.74, 6) is 1.27. The number of nitrogen functional groups attached to an aromatic ring is 1. The van der Waals surface area contributed by atoms with E-state index in [0.717, 1.165) is 43.0 Å². The Bertz CT molecular complexity index is 519. The van der Waals surface area contributed by atoms with Gasteiger partial charge in [0.15, 0.2) is 0 Å². The molecule has 2 aromatic rings. The quantitative estimate of drug-likeness (QED) is 0.867. The lowest BCUT2D eigenvalue weighted by molar-refractivity contribution is 0.583. The molecule has 0 bridgehead atoms. The van der Waals surface area contributed by atoms with Crippen LogP contribution in [0.25, 0.3) is 11.4 Å². The van der Waals surface area contributed by atoms with Crippen LogP contribution in [0, 0.1) is 0 Å². The van der Waals surface area contributed by atoms with Crippen LogP contribution in [0.1, 0.15) is 32.5 Å². The molecule has 2 heterocycles. The lowest BCUT2D eigenvalue weighted by Crippen LogP contribution is -2.05. The van der Waals surface area contributed by atoms with E-state index in [4.69, 9.17) is 5.73 Å². The molecule has 0 atom stereocenters. The number of hydrogen-bond donors (Lipinski definition) is 1. The maximum absolute atomic E-state index is 5.82. The van der Waals surface area contributed by atoms with Crippen molar-refractivity contribution in [1.29, 1.82) is 0 Å². The van der Waals surface area contributed by atoms with Crippen LogP contribution in [0.3, 0.4) is 0 Å². The number of aromatic nitrogens is 5. The number of anilines is 1. The summed E-state index contributed by atoms with van der Waals surface area (Å²) >= 11 is 0. The van der Waals surface area contributed by atoms with E-state index < -0.39 is 0 Å². The molecule has 0 aromatic carbocycles. The van der Waals surface area contributed by atoms with Crippen LogP contribution < -0.4 is 5.73 Å². The fraction of sp³-hybridized carbons (Fsp3) is 0.500. The van der Waals surface area contributed by atoms with Gasteiger partial charge in [-0.05, 0) is 12.8 Å². The van der Waals surface area contributed by atoms with Crippen molar-refractivity contribution < 1.29 is 0 Å².